The van der Waals surface area contributed by atoms with Crippen molar-refractivity contribution < 1.29 is 9.59 Å². The van der Waals surface area contributed by atoms with Crippen LogP contribution in [-0.4, -0.2) is 36.0 Å². The zero-order chi connectivity index (χ0) is 16.7. The van der Waals surface area contributed by atoms with Crippen LogP contribution in [0.5, 0.6) is 0 Å². The Hall–Kier alpha value is -2.04. The highest BCUT2D eigenvalue weighted by Gasteiger charge is 2.17. The van der Waals surface area contributed by atoms with E-state index in [1.165, 1.54) is 12.8 Å². The molecule has 1 aliphatic heterocycles. The molecule has 0 atom stereocenters. The van der Waals surface area contributed by atoms with Crippen molar-refractivity contribution in [2.24, 2.45) is 0 Å². The molecule has 0 unspecified atom stereocenters. The first-order valence-corrected chi connectivity index (χ1v) is 8.49. The van der Waals surface area contributed by atoms with Gasteiger partial charge < -0.3 is 15.5 Å². The molecule has 1 fully saturated rings. The van der Waals surface area contributed by atoms with Gasteiger partial charge in [0.25, 0.3) is 5.91 Å². The highest BCUT2D eigenvalue weighted by Crippen LogP contribution is 2.14. The lowest BCUT2D eigenvalue weighted by Gasteiger charge is -2.20. The van der Waals surface area contributed by atoms with E-state index < -0.39 is 0 Å². The van der Waals surface area contributed by atoms with Crippen LogP contribution < -0.4 is 10.6 Å². The Kier molecular flexibility index (Phi) is 6.44. The lowest BCUT2D eigenvalue weighted by atomic mass is 10.1. The third-order valence-electron chi connectivity index (χ3n) is 3.97. The molecule has 1 heterocycles. The first-order valence-electron chi connectivity index (χ1n) is 8.49. The van der Waals surface area contributed by atoms with E-state index in [4.69, 9.17) is 0 Å². The molecule has 0 radical (unpaired) electrons. The molecule has 5 nitrogen and oxygen atoms in total. The normalized spacial score (nSPS) is 15.2. The minimum absolute atomic E-state index is 0.114. The fraction of sp³-hybridized carbons (Fsp3) is 0.556. The van der Waals surface area contributed by atoms with Crippen molar-refractivity contribution >= 4 is 11.9 Å². The number of nitrogens with one attached hydrogen (secondary N) is 2. The zero-order valence-corrected chi connectivity index (χ0v) is 14.1. The minimum atomic E-state index is -0.176. The zero-order valence-electron chi connectivity index (χ0n) is 14.1. The standard InChI is InChI=1S/C18H27N3O2/c1-14(2)20-18(23)19-13-15-7-9-16(10-8-15)17(22)21-11-5-3-4-6-12-21/h7-10,14H,3-6,11-13H2,1-2H3,(H2,19,20,23). The molecule has 1 aliphatic rings. The number of hydrogen-bond acceptors (Lipinski definition) is 2. The van der Waals surface area contributed by atoms with Crippen LogP contribution in [0.4, 0.5) is 4.79 Å². The van der Waals surface area contributed by atoms with Crippen LogP contribution >= 0.6 is 0 Å². The van der Waals surface area contributed by atoms with Crippen LogP contribution in [0.3, 0.4) is 0 Å². The second kappa shape index (κ2) is 8.56. The second-order valence-corrected chi connectivity index (χ2v) is 6.39. The van der Waals surface area contributed by atoms with Crippen LogP contribution in [0.2, 0.25) is 0 Å². The molecule has 126 valence electrons. The summed E-state index contributed by atoms with van der Waals surface area (Å²) >= 11 is 0. The van der Waals surface area contributed by atoms with Gasteiger partial charge in [0.05, 0.1) is 0 Å². The van der Waals surface area contributed by atoms with Crippen molar-refractivity contribution in [2.45, 2.75) is 52.1 Å². The summed E-state index contributed by atoms with van der Waals surface area (Å²) in [4.78, 5) is 26.0. The average molecular weight is 317 g/mol. The summed E-state index contributed by atoms with van der Waals surface area (Å²) in [5, 5.41) is 5.59. The Morgan fingerprint density at radius 2 is 1.65 bits per heavy atom. The van der Waals surface area contributed by atoms with Crippen molar-refractivity contribution in [3.8, 4) is 0 Å². The van der Waals surface area contributed by atoms with Gasteiger partial charge >= 0.3 is 6.03 Å². The largest absolute Gasteiger partial charge is 0.339 e. The first-order chi connectivity index (χ1) is 11.1. The fourth-order valence-corrected chi connectivity index (χ4v) is 2.72. The predicted molar refractivity (Wildman–Crippen MR) is 91.3 cm³/mol. The third-order valence-corrected chi connectivity index (χ3v) is 3.97. The van der Waals surface area contributed by atoms with E-state index in [-0.39, 0.29) is 18.0 Å². The van der Waals surface area contributed by atoms with Gasteiger partial charge in [0.2, 0.25) is 0 Å². The van der Waals surface area contributed by atoms with Crippen molar-refractivity contribution in [2.75, 3.05) is 13.1 Å². The Labute approximate surface area is 138 Å². The van der Waals surface area contributed by atoms with Crippen LogP contribution in [0, 0.1) is 0 Å². The topological polar surface area (TPSA) is 61.4 Å². The number of carbonyl (C=O) groups is 2. The summed E-state index contributed by atoms with van der Waals surface area (Å²) in [5.41, 5.74) is 1.71. The highest BCUT2D eigenvalue weighted by molar-refractivity contribution is 5.94. The maximum absolute atomic E-state index is 12.5. The Bertz CT molecular complexity index is 518. The molecule has 0 bridgehead atoms. The lowest BCUT2D eigenvalue weighted by molar-refractivity contribution is 0.0761. The van der Waals surface area contributed by atoms with Gasteiger partial charge in [-0.2, -0.15) is 0 Å². The molecule has 1 aromatic carbocycles. The average Bonchev–Trinajstić information content (AvgIpc) is 2.81. The number of benzene rings is 1. The van der Waals surface area contributed by atoms with Crippen LogP contribution in [0.1, 0.15) is 55.5 Å². The molecule has 2 rings (SSSR count). The second-order valence-electron chi connectivity index (χ2n) is 6.39. The van der Waals surface area contributed by atoms with Crippen LogP contribution in [-0.2, 0) is 6.54 Å². The molecule has 0 saturated carbocycles. The van der Waals surface area contributed by atoms with E-state index in [9.17, 15) is 9.59 Å². The van der Waals surface area contributed by atoms with Crippen molar-refractivity contribution in [3.63, 3.8) is 0 Å². The molecule has 3 amide bonds. The molecular weight excluding hydrogens is 290 g/mol. The monoisotopic (exact) mass is 317 g/mol. The van der Waals surface area contributed by atoms with E-state index >= 15 is 0 Å². The maximum atomic E-state index is 12.5. The molecule has 0 aromatic heterocycles. The van der Waals surface area contributed by atoms with Gasteiger partial charge in [-0.1, -0.05) is 25.0 Å². The molecule has 5 heteroatoms. The molecule has 23 heavy (non-hydrogen) atoms. The number of urea groups is 1. The molecule has 0 aliphatic carbocycles. The maximum Gasteiger partial charge on any atom is 0.315 e. The summed E-state index contributed by atoms with van der Waals surface area (Å²) in [6, 6.07) is 7.45. The van der Waals surface area contributed by atoms with Crippen molar-refractivity contribution in [1.29, 1.82) is 0 Å². The van der Waals surface area contributed by atoms with E-state index in [0.717, 1.165) is 37.1 Å². The summed E-state index contributed by atoms with van der Waals surface area (Å²) in [7, 11) is 0. The summed E-state index contributed by atoms with van der Waals surface area (Å²) in [6.07, 6.45) is 4.62. The van der Waals surface area contributed by atoms with E-state index in [0.29, 0.717) is 6.54 Å². The Morgan fingerprint density at radius 3 is 2.22 bits per heavy atom. The molecule has 1 aromatic rings. The lowest BCUT2D eigenvalue weighted by Crippen LogP contribution is -2.39. The highest BCUT2D eigenvalue weighted by atomic mass is 16.2. The molecule has 0 spiro atoms. The van der Waals surface area contributed by atoms with Gasteiger partial charge in [0, 0.05) is 31.2 Å². The quantitative estimate of drug-likeness (QED) is 0.897. The van der Waals surface area contributed by atoms with Crippen molar-refractivity contribution in [3.05, 3.63) is 35.4 Å². The number of nitrogens with zero attached hydrogens (tertiary/aromatic N) is 1. The number of carbonyl (C=O) groups excluding carboxylic acids is 2. The van der Waals surface area contributed by atoms with Crippen LogP contribution in [0.15, 0.2) is 24.3 Å². The summed E-state index contributed by atoms with van der Waals surface area (Å²) in [6.45, 7) is 6.01. The van der Waals surface area contributed by atoms with Gasteiger partial charge in [-0.3, -0.25) is 4.79 Å². The SMILES string of the molecule is CC(C)NC(=O)NCc1ccc(C(=O)N2CCCCCC2)cc1. The third kappa shape index (κ3) is 5.58. The fourth-order valence-electron chi connectivity index (χ4n) is 2.72. The van der Waals surface area contributed by atoms with Gasteiger partial charge in [0.15, 0.2) is 0 Å². The van der Waals surface area contributed by atoms with Crippen LogP contribution in [0.25, 0.3) is 0 Å². The number of amides is 3. The Morgan fingerprint density at radius 1 is 1.04 bits per heavy atom. The van der Waals surface area contributed by atoms with Gasteiger partial charge in [-0.05, 0) is 44.4 Å². The summed E-state index contributed by atoms with van der Waals surface area (Å²) < 4.78 is 0. The molecule has 1 saturated heterocycles. The Balaban J connectivity index is 1.88. The smallest absolute Gasteiger partial charge is 0.315 e. The predicted octanol–water partition coefficient (Wildman–Crippen LogP) is 2.91. The van der Waals surface area contributed by atoms with Gasteiger partial charge in [-0.15, -0.1) is 0 Å². The van der Waals surface area contributed by atoms with Crippen molar-refractivity contribution in [1.82, 2.24) is 15.5 Å². The first kappa shape index (κ1) is 17.3. The summed E-state index contributed by atoms with van der Waals surface area (Å²) in [5.74, 6) is 0.115. The van der Waals surface area contributed by atoms with E-state index in [2.05, 4.69) is 10.6 Å². The molecule has 2 N–H and O–H groups in total. The van der Waals surface area contributed by atoms with E-state index in [1.807, 2.05) is 43.0 Å². The minimum Gasteiger partial charge on any atom is -0.339 e. The number of likely N-dealkylation sites (tertiary alicyclic amines) is 1. The number of hydrogen-bond donors (Lipinski definition) is 2. The van der Waals surface area contributed by atoms with E-state index in [1.54, 1.807) is 0 Å². The molecular formula is C18H27N3O2. The number of rotatable bonds is 4. The van der Waals surface area contributed by atoms with Gasteiger partial charge in [0.1, 0.15) is 0 Å². The van der Waals surface area contributed by atoms with Gasteiger partial charge in [-0.25, -0.2) is 4.79 Å².